The molecule has 0 bridgehead atoms. The number of oxazole rings is 1. The second kappa shape index (κ2) is 36.1. The van der Waals surface area contributed by atoms with E-state index in [0.29, 0.717) is 51.5 Å². The summed E-state index contributed by atoms with van der Waals surface area (Å²) in [5, 5.41) is 79.2. The number of nitrogens with two attached hydrogens (primary N) is 5. The van der Waals surface area contributed by atoms with Crippen LogP contribution >= 0.6 is 11.3 Å². The Morgan fingerprint density at radius 3 is 1.68 bits per heavy atom. The minimum absolute atomic E-state index is 0.00118. The summed E-state index contributed by atoms with van der Waals surface area (Å²) < 4.78 is 11.2. The molecule has 5 aromatic rings. The number of nitrogens with zero attached hydrogens (tertiary/aromatic N) is 22. The number of nitrogens with one attached hydrogen (secondary N) is 1. The molecule has 0 amide bonds. The lowest BCUT2D eigenvalue weighted by molar-refractivity contribution is -0.139. The summed E-state index contributed by atoms with van der Waals surface area (Å²) in [7, 11) is 0. The third kappa shape index (κ3) is 27.6. The van der Waals surface area contributed by atoms with Crippen LogP contribution in [0.2, 0.25) is 0 Å². The lowest BCUT2D eigenvalue weighted by atomic mass is 10.1. The van der Waals surface area contributed by atoms with E-state index in [2.05, 4.69) is 85.8 Å². The van der Waals surface area contributed by atoms with Crippen molar-refractivity contribution in [2.24, 2.45) is 54.2 Å². The summed E-state index contributed by atoms with van der Waals surface area (Å²) in [5.41, 5.74) is 70.0. The maximum Gasteiger partial charge on any atom is 0.320 e. The molecule has 16 N–H and O–H groups in total. The summed E-state index contributed by atoms with van der Waals surface area (Å²) in [6.45, 7) is 1.03. The zero-order valence-corrected chi connectivity index (χ0v) is 40.1. The van der Waals surface area contributed by atoms with E-state index in [-0.39, 0.29) is 70.7 Å². The minimum Gasteiger partial charge on any atom is -0.480 e. The van der Waals surface area contributed by atoms with Crippen LogP contribution in [0, 0.1) is 0 Å². The number of aromatic nitrogens is 8. The van der Waals surface area contributed by atoms with Crippen LogP contribution in [0.15, 0.2) is 64.5 Å². The van der Waals surface area contributed by atoms with E-state index in [0.717, 1.165) is 0 Å². The monoisotopic (exact) mass is 1080 g/mol. The molecule has 0 spiro atoms. The number of H-pyrrole nitrogens is 1. The number of thiazole rings is 1. The lowest BCUT2D eigenvalue weighted by Crippen LogP contribution is -2.32. The van der Waals surface area contributed by atoms with Crippen molar-refractivity contribution in [1.82, 2.24) is 40.3 Å². The van der Waals surface area contributed by atoms with Crippen molar-refractivity contribution in [3.8, 4) is 0 Å². The van der Waals surface area contributed by atoms with Gasteiger partial charge in [-0.15, -0.1) is 16.4 Å². The molecule has 5 atom stereocenters. The topological polar surface area (TPSA) is 685 Å². The largest absolute Gasteiger partial charge is 0.480 e. The number of azide groups is 5. The van der Waals surface area contributed by atoms with Gasteiger partial charge < -0.3 is 63.1 Å². The van der Waals surface area contributed by atoms with E-state index in [1.807, 2.05) is 0 Å². The Bertz CT molecular complexity index is 2580. The van der Waals surface area contributed by atoms with Crippen LogP contribution in [-0.4, -0.2) is 132 Å². The highest BCUT2D eigenvalue weighted by atomic mass is 32.1. The predicted octanol–water partition coefficient (Wildman–Crippen LogP) is 1.50. The van der Waals surface area contributed by atoms with Crippen LogP contribution in [0.25, 0.3) is 52.2 Å². The Morgan fingerprint density at radius 2 is 1.12 bits per heavy atom. The molecule has 41 heteroatoms. The van der Waals surface area contributed by atoms with E-state index in [4.69, 9.17) is 90.8 Å². The summed E-state index contributed by atoms with van der Waals surface area (Å²) >= 11 is 1.32. The summed E-state index contributed by atoms with van der Waals surface area (Å²) in [6.07, 6.45) is 3.50. The van der Waals surface area contributed by atoms with Gasteiger partial charge in [0.1, 0.15) is 48.8 Å². The highest BCUT2D eigenvalue weighted by molar-refractivity contribution is 7.09. The molecule has 0 fully saturated rings. The highest BCUT2D eigenvalue weighted by Gasteiger charge is 2.18. The van der Waals surface area contributed by atoms with Gasteiger partial charge in [0.2, 0.25) is 0 Å². The lowest BCUT2D eigenvalue weighted by Gasteiger charge is -2.02. The average Bonchev–Trinajstić information content (AvgIpc) is 4.26. The van der Waals surface area contributed by atoms with Gasteiger partial charge >= 0.3 is 29.8 Å². The molecule has 0 radical (unpaired) electrons. The Labute approximate surface area is 428 Å². The van der Waals surface area contributed by atoms with Crippen LogP contribution in [-0.2, 0) is 88.8 Å². The van der Waals surface area contributed by atoms with Gasteiger partial charge in [0.25, 0.3) is 0 Å². The van der Waals surface area contributed by atoms with Gasteiger partial charge in [-0.25, -0.2) is 9.97 Å². The van der Waals surface area contributed by atoms with Crippen molar-refractivity contribution in [2.45, 2.75) is 95.0 Å². The highest BCUT2D eigenvalue weighted by Crippen LogP contribution is 2.13. The Hall–Kier alpha value is -9.90. The van der Waals surface area contributed by atoms with Crippen molar-refractivity contribution >= 4 is 41.2 Å². The van der Waals surface area contributed by atoms with E-state index in [1.54, 1.807) is 17.6 Å². The fourth-order valence-corrected chi connectivity index (χ4v) is 5.57. The number of carboxylic acid groups (broad SMARTS) is 5. The molecule has 0 saturated carbocycles. The Kier molecular flexibility index (Phi) is 30.4. The molecule has 5 rings (SSSR count). The number of hydrogen-bond acceptors (Lipinski definition) is 24. The van der Waals surface area contributed by atoms with Crippen molar-refractivity contribution in [2.75, 3.05) is 6.54 Å². The number of hydrogen-bond donors (Lipinski definition) is 11. The molecule has 5 heterocycles. The number of carbonyl (C=O) groups is 5. The van der Waals surface area contributed by atoms with Crippen molar-refractivity contribution in [3.63, 3.8) is 0 Å². The fourth-order valence-electron chi connectivity index (χ4n) is 4.85. The second-order valence-electron chi connectivity index (χ2n) is 14.4. The van der Waals surface area contributed by atoms with Crippen molar-refractivity contribution in [3.05, 3.63) is 133 Å². The quantitative estimate of drug-likeness (QED) is 0.0212. The maximum absolute atomic E-state index is 10.5. The van der Waals surface area contributed by atoms with E-state index in [9.17, 15) is 24.0 Å². The number of aliphatic carboxylic acids is 5. The van der Waals surface area contributed by atoms with E-state index < -0.39 is 60.1 Å². The van der Waals surface area contributed by atoms with E-state index in [1.165, 1.54) is 28.3 Å². The molecule has 0 saturated heterocycles. The molecule has 5 aromatic heterocycles. The van der Waals surface area contributed by atoms with Crippen LogP contribution in [0.1, 0.15) is 50.8 Å². The smallest absolute Gasteiger partial charge is 0.320 e. The Morgan fingerprint density at radius 1 is 0.618 bits per heavy atom. The first-order valence-electron chi connectivity index (χ1n) is 20.9. The van der Waals surface area contributed by atoms with Gasteiger partial charge in [0.05, 0.1) is 53.1 Å². The fraction of sp³-hybridized carbons (Fsp3) is 0.457. The summed E-state index contributed by atoms with van der Waals surface area (Å²) in [6, 6.07) is -1.78. The molecule has 40 nitrogen and oxygen atoms in total. The summed E-state index contributed by atoms with van der Waals surface area (Å²) in [5.74, 6) is -4.80. The average molecular weight is 1090 g/mol. The third-order valence-electron chi connectivity index (χ3n) is 8.43. The molecular formula is C35H48N28O12S. The summed E-state index contributed by atoms with van der Waals surface area (Å²) in [4.78, 5) is 73.1. The third-order valence-corrected chi connectivity index (χ3v) is 9.32. The normalized spacial score (nSPS) is 11.8. The van der Waals surface area contributed by atoms with Crippen LogP contribution in [0.3, 0.4) is 0 Å². The van der Waals surface area contributed by atoms with Crippen LogP contribution in [0.4, 0.5) is 0 Å². The molecular weight excluding hydrogens is 1040 g/mol. The SMILES string of the molecule is [N-]=[N+]=NCCn1cc(C[C@H](N)C(=O)O)nn1.[N-]=[N+]=NCc1cc(C[C@H](N)C(=O)O)[nH]n1.[N-]=[N+]=NCc1cc(C[C@H](N)C(=O)O)no1.[N-]=[N+]=NCc1nc(C[C@H](N)C(=O)O)co1.[N-]=[N+]=NCc1nc(C[C@H](N)C(=O)O)cs1. The molecule has 0 aliphatic carbocycles. The molecule has 0 aliphatic rings. The zero-order valence-electron chi connectivity index (χ0n) is 39.3. The molecule has 76 heavy (non-hydrogen) atoms. The molecule has 406 valence electrons. The maximum atomic E-state index is 10.5. The second-order valence-corrected chi connectivity index (χ2v) is 15.3. The van der Waals surface area contributed by atoms with Crippen LogP contribution < -0.4 is 28.7 Å². The van der Waals surface area contributed by atoms with Gasteiger partial charge in [-0.1, -0.05) is 35.9 Å². The molecule has 0 aromatic carbocycles. The molecule has 0 aliphatic heterocycles. The number of rotatable bonds is 26. The van der Waals surface area contributed by atoms with Gasteiger partial charge in [0, 0.05) is 93.1 Å². The molecule has 0 unspecified atom stereocenters. The first-order valence-corrected chi connectivity index (χ1v) is 21.7. The van der Waals surface area contributed by atoms with Crippen molar-refractivity contribution < 1.29 is 58.4 Å². The van der Waals surface area contributed by atoms with Gasteiger partial charge in [-0.3, -0.25) is 33.8 Å². The predicted molar refractivity (Wildman–Crippen MR) is 256 cm³/mol. The number of aromatic amines is 1. The van der Waals surface area contributed by atoms with Gasteiger partial charge in [0.15, 0.2) is 5.89 Å². The van der Waals surface area contributed by atoms with Gasteiger partial charge in [-0.2, -0.15) is 5.10 Å². The van der Waals surface area contributed by atoms with Crippen molar-refractivity contribution in [1.29, 1.82) is 0 Å². The van der Waals surface area contributed by atoms with E-state index >= 15 is 0 Å². The van der Waals surface area contributed by atoms with Crippen LogP contribution in [0.5, 0.6) is 0 Å². The minimum atomic E-state index is -1.10. The first kappa shape index (κ1) is 64.1. The zero-order chi connectivity index (χ0) is 57.0. The number of carboxylic acids is 5. The first-order chi connectivity index (χ1) is 36.2. The standard InChI is InChI=1S/C7H11N7O2.C7H10N6O2.2C7H9N5O3.C7H9N5O2S/c8-6(7(15)16)3-5-4-14(13-11-5)2-1-10-12-9;8-6(7(14)15)2-4-1-5(12-11-4)3-10-13-9;8-5(7(13)14)1-4-3-15-6(11-4)2-10-12-9;8-6(7(13)14)2-4-1-5(15-11-4)3-10-12-9;8-5(7(13)14)1-4-3-15-6(11-4)2-10-12-9/h4,6H,1-3,8H2,(H,15,16);1,6H,2-3,8H2,(H,11,12)(H,14,15);3,5H,1-2,8H2,(H,13,14);1,6H,2-3,8H2,(H,13,14);3,5H,1-2,8H2,(H,13,14)/t2*6-;5-;6-;5-/m00000/s1. The Balaban J connectivity index is 0.000000475. The van der Waals surface area contributed by atoms with Gasteiger partial charge in [-0.05, 0) is 33.7 Å².